The number of phosphoric ester groups is 1. The van der Waals surface area contributed by atoms with Gasteiger partial charge in [-0.05, 0) is 6.92 Å². The van der Waals surface area contributed by atoms with Gasteiger partial charge in [0.1, 0.15) is 5.75 Å². The van der Waals surface area contributed by atoms with E-state index < -0.39 is 7.82 Å². The molecule has 0 aliphatic rings. The molecular formula is C9H15N2O5P. The third-order valence-electron chi connectivity index (χ3n) is 2.25. The third-order valence-corrected chi connectivity index (χ3v) is 3.17. The minimum atomic E-state index is -4.05. The number of nitrogens with zero attached hydrogens (tertiary/aromatic N) is 1. The Hall–Kier alpha value is -0.980. The van der Waals surface area contributed by atoms with Crippen molar-refractivity contribution in [3.63, 3.8) is 0 Å². The van der Waals surface area contributed by atoms with Crippen LogP contribution in [-0.4, -0.2) is 22.1 Å². The number of pyridine rings is 1. The quantitative estimate of drug-likeness (QED) is 0.673. The van der Waals surface area contributed by atoms with Gasteiger partial charge in [-0.25, -0.2) is 4.57 Å². The molecule has 0 radical (unpaired) electrons. The van der Waals surface area contributed by atoms with E-state index in [1.165, 1.54) is 6.20 Å². The molecule has 8 heteroatoms. The average molecular weight is 262 g/mol. The fraction of sp³-hybridized carbons (Fsp3) is 0.444. The Bertz CT molecular complexity index is 451. The first kappa shape index (κ1) is 14.1. The number of nitrogens with two attached hydrogens (primary N) is 1. The van der Waals surface area contributed by atoms with Crippen molar-refractivity contribution in [1.82, 2.24) is 4.98 Å². The smallest absolute Gasteiger partial charge is 0.472 e. The molecule has 0 fully saturated rings. The molecule has 0 aromatic carbocycles. The summed E-state index contributed by atoms with van der Waals surface area (Å²) in [4.78, 5) is 13.0. The van der Waals surface area contributed by atoms with E-state index in [0.29, 0.717) is 16.8 Å². The summed E-state index contributed by atoms with van der Waals surface area (Å²) in [5.74, 6) is -0.0289. The molecule has 0 aliphatic heterocycles. The first-order chi connectivity index (χ1) is 7.91. The van der Waals surface area contributed by atoms with Gasteiger partial charge in [-0.3, -0.25) is 14.0 Å². The summed E-state index contributed by atoms with van der Waals surface area (Å²) in [7, 11) is -2.98. The highest BCUT2D eigenvalue weighted by molar-refractivity contribution is 7.47. The van der Waals surface area contributed by atoms with Crippen LogP contribution in [0, 0.1) is 6.92 Å². The molecule has 1 aromatic rings. The van der Waals surface area contributed by atoms with Gasteiger partial charge in [-0.15, -0.1) is 0 Å². The van der Waals surface area contributed by atoms with Crippen LogP contribution in [0.3, 0.4) is 0 Å². The number of aromatic hydroxyl groups is 1. The number of hydrogen-bond acceptors (Lipinski definition) is 6. The van der Waals surface area contributed by atoms with Crippen LogP contribution < -0.4 is 5.73 Å². The second-order valence-corrected chi connectivity index (χ2v) is 4.89. The number of aromatic nitrogens is 1. The second-order valence-electron chi connectivity index (χ2n) is 3.32. The fourth-order valence-electron chi connectivity index (χ4n) is 1.24. The van der Waals surface area contributed by atoms with Crippen molar-refractivity contribution in [2.75, 3.05) is 7.11 Å². The van der Waals surface area contributed by atoms with Gasteiger partial charge >= 0.3 is 7.82 Å². The molecule has 0 bridgehead atoms. The molecule has 0 amide bonds. The Balaban J connectivity index is 2.92. The largest absolute Gasteiger partial charge is 0.506 e. The molecule has 0 spiro atoms. The number of phosphoric acid groups is 1. The van der Waals surface area contributed by atoms with Crippen LogP contribution in [-0.2, 0) is 26.8 Å². The monoisotopic (exact) mass is 262 g/mol. The van der Waals surface area contributed by atoms with Crippen LogP contribution in [0.1, 0.15) is 16.8 Å². The lowest BCUT2D eigenvalue weighted by atomic mass is 10.1. The molecule has 1 atom stereocenters. The Morgan fingerprint density at radius 2 is 2.24 bits per heavy atom. The molecule has 17 heavy (non-hydrogen) atoms. The Kier molecular flexibility index (Phi) is 4.62. The van der Waals surface area contributed by atoms with E-state index in [9.17, 15) is 9.67 Å². The van der Waals surface area contributed by atoms with Gasteiger partial charge in [-0.2, -0.15) is 0 Å². The van der Waals surface area contributed by atoms with E-state index in [4.69, 9.17) is 10.6 Å². The lowest BCUT2D eigenvalue weighted by molar-refractivity contribution is 0.165. The van der Waals surface area contributed by atoms with Crippen molar-refractivity contribution in [3.8, 4) is 5.75 Å². The SMILES string of the molecule is COP(=O)(O)OCc1cnc(C)c(O)c1CN. The molecule has 1 rings (SSSR count). The number of hydrogen-bond donors (Lipinski definition) is 3. The summed E-state index contributed by atoms with van der Waals surface area (Å²) in [6.07, 6.45) is 1.44. The summed E-state index contributed by atoms with van der Waals surface area (Å²) in [6.45, 7) is 1.50. The minimum absolute atomic E-state index is 0.0289. The van der Waals surface area contributed by atoms with Crippen LogP contribution in [0.4, 0.5) is 0 Å². The standard InChI is InChI=1S/C9H15N2O5P/c1-6-9(12)8(3-10)7(4-11-6)5-16-17(13,14)15-2/h4,12H,3,5,10H2,1-2H3,(H,13,14). The third kappa shape index (κ3) is 3.49. The first-order valence-electron chi connectivity index (χ1n) is 4.80. The summed E-state index contributed by atoms with van der Waals surface area (Å²) < 4.78 is 20.1. The van der Waals surface area contributed by atoms with Crippen molar-refractivity contribution in [2.24, 2.45) is 5.73 Å². The molecule has 0 aliphatic carbocycles. The minimum Gasteiger partial charge on any atom is -0.506 e. The van der Waals surface area contributed by atoms with E-state index in [1.54, 1.807) is 6.92 Å². The van der Waals surface area contributed by atoms with Crippen LogP contribution in [0.2, 0.25) is 0 Å². The van der Waals surface area contributed by atoms with E-state index in [1.807, 2.05) is 0 Å². The normalized spacial score (nSPS) is 14.6. The van der Waals surface area contributed by atoms with E-state index in [2.05, 4.69) is 14.0 Å². The van der Waals surface area contributed by atoms with Crippen LogP contribution in [0.15, 0.2) is 6.20 Å². The maximum Gasteiger partial charge on any atom is 0.472 e. The lowest BCUT2D eigenvalue weighted by Gasteiger charge is -2.13. The highest BCUT2D eigenvalue weighted by atomic mass is 31.2. The van der Waals surface area contributed by atoms with Crippen molar-refractivity contribution >= 4 is 7.82 Å². The van der Waals surface area contributed by atoms with Crippen molar-refractivity contribution < 1.29 is 23.6 Å². The van der Waals surface area contributed by atoms with Crippen LogP contribution in [0.25, 0.3) is 0 Å². The fourth-order valence-corrected chi connectivity index (χ4v) is 1.65. The second kappa shape index (κ2) is 5.57. The van der Waals surface area contributed by atoms with E-state index in [-0.39, 0.29) is 18.9 Å². The molecule has 0 saturated heterocycles. The molecule has 1 aromatic heterocycles. The Morgan fingerprint density at radius 1 is 1.59 bits per heavy atom. The molecule has 1 heterocycles. The summed E-state index contributed by atoms with van der Waals surface area (Å²) in [6, 6.07) is 0. The zero-order valence-corrected chi connectivity index (χ0v) is 10.5. The van der Waals surface area contributed by atoms with Crippen LogP contribution >= 0.6 is 7.82 Å². The molecule has 96 valence electrons. The summed E-state index contributed by atoms with van der Waals surface area (Å²) in [5, 5.41) is 9.70. The van der Waals surface area contributed by atoms with Gasteiger partial charge in [0.05, 0.1) is 12.3 Å². The molecule has 1 unspecified atom stereocenters. The number of rotatable bonds is 5. The number of aryl methyl sites for hydroxylation is 1. The molecule has 0 saturated carbocycles. The van der Waals surface area contributed by atoms with Gasteiger partial charge < -0.3 is 15.7 Å². The highest BCUT2D eigenvalue weighted by Gasteiger charge is 2.20. The van der Waals surface area contributed by atoms with Crippen molar-refractivity contribution in [3.05, 3.63) is 23.0 Å². The first-order valence-corrected chi connectivity index (χ1v) is 6.30. The van der Waals surface area contributed by atoms with E-state index in [0.717, 1.165) is 7.11 Å². The zero-order chi connectivity index (χ0) is 13.1. The highest BCUT2D eigenvalue weighted by Crippen LogP contribution is 2.43. The molecular weight excluding hydrogens is 247 g/mol. The van der Waals surface area contributed by atoms with Crippen molar-refractivity contribution in [2.45, 2.75) is 20.1 Å². The molecule has 4 N–H and O–H groups in total. The van der Waals surface area contributed by atoms with Gasteiger partial charge in [0.25, 0.3) is 0 Å². The van der Waals surface area contributed by atoms with E-state index >= 15 is 0 Å². The zero-order valence-electron chi connectivity index (χ0n) is 9.58. The average Bonchev–Trinajstić information content (AvgIpc) is 2.31. The van der Waals surface area contributed by atoms with Gasteiger partial charge in [0.2, 0.25) is 0 Å². The Labute approximate surface area is 98.8 Å². The van der Waals surface area contributed by atoms with Gasteiger partial charge in [0.15, 0.2) is 0 Å². The van der Waals surface area contributed by atoms with Crippen LogP contribution in [0.5, 0.6) is 5.75 Å². The summed E-state index contributed by atoms with van der Waals surface area (Å²) >= 11 is 0. The predicted molar refractivity (Wildman–Crippen MR) is 60.2 cm³/mol. The van der Waals surface area contributed by atoms with Crippen molar-refractivity contribution in [1.29, 1.82) is 0 Å². The Morgan fingerprint density at radius 3 is 2.76 bits per heavy atom. The maximum absolute atomic E-state index is 11.1. The topological polar surface area (TPSA) is 115 Å². The molecule has 7 nitrogen and oxygen atoms in total. The predicted octanol–water partition coefficient (Wildman–Crippen LogP) is 0.818. The lowest BCUT2D eigenvalue weighted by Crippen LogP contribution is -2.05. The summed E-state index contributed by atoms with van der Waals surface area (Å²) in [5.41, 5.74) is 6.81. The van der Waals surface area contributed by atoms with Gasteiger partial charge in [-0.1, -0.05) is 0 Å². The van der Waals surface area contributed by atoms with Gasteiger partial charge in [0, 0.05) is 31.0 Å². The maximum atomic E-state index is 11.1.